The molecule has 0 aromatic carbocycles. The van der Waals surface area contributed by atoms with Gasteiger partial charge in [0.1, 0.15) is 113 Å². The van der Waals surface area contributed by atoms with Crippen molar-refractivity contribution in [3.63, 3.8) is 0 Å². The molecule has 0 aromatic rings. The van der Waals surface area contributed by atoms with E-state index in [1.165, 1.54) is 38.8 Å². The van der Waals surface area contributed by atoms with Crippen LogP contribution in [0.5, 0.6) is 0 Å². The maximum Gasteiger partial charge on any atom is 0.407 e. The second-order valence-electron chi connectivity index (χ2n) is 31.0. The maximum absolute atomic E-state index is 14.1. The second kappa shape index (κ2) is 58.1. The highest BCUT2D eigenvalue weighted by atomic mass is 32.2. The second-order valence-corrected chi connectivity index (χ2v) is 41.5. The molecular weight excluding hydrogens is 2050 g/mol. The van der Waals surface area contributed by atoms with E-state index in [4.69, 9.17) is 51.2 Å². The number of nitrogens with one attached hydrogen (secondary N) is 12. The van der Waals surface area contributed by atoms with Gasteiger partial charge in [0, 0.05) is 51.4 Å². The number of rotatable bonds is 66. The number of guanidine groups is 2. The molecule has 800 valence electrons. The number of carboxylic acids is 2. The number of hydrogen-bond donors (Lipinski definition) is 29. The monoisotopic (exact) mass is 2160 g/mol. The van der Waals surface area contributed by atoms with Crippen LogP contribution in [0.2, 0.25) is 0 Å². The Hall–Kier alpha value is -11.4. The summed E-state index contributed by atoms with van der Waals surface area (Å²) in [6.07, 6.45) is -7.88. The number of aliphatic carboxylic acids is 2. The van der Waals surface area contributed by atoms with Crippen LogP contribution in [0.4, 0.5) is 9.59 Å². The standard InChI is InChI=1S/C68H114N18O47S7/c1-33-37(85-65(69)70)20-48(64(104)105)130-52(33)53(46(92)23-87)132-67(106)75-17-13-9-5-6-10-14-73-22-36(91)18-35(56(95)74-15-11-7-3-4-8-12-16-76-68(107)133-54(47(93)24-88)55-51(77-34(2)90)38(86-66(71)72)21-50(131-55)129-32-89)19-49(94)78-39(25-134(108,109)110)57(96)79-40(26-135(111,112)113)58(97)80-41(27-136(114,115)116)59(98)81-42(28-137(117,118)119)60(99)82-43(29-138(120,121)122)61(100)83-44(30-139(123,124)125)62(101)84-45(63(102)103)31-140(126,127)128/h20-21,32-33,35,37-47,51-55,73,87-88,92-93H,3-19,22-31H2,1-2H3,(H,74,95)(H,75,106)(H,76,107)(H,77,90)(H,78,94)(H,79,96)(H,80,97)(H,81,98)(H,82,99)(H,83,100)(H,84,101)(H,102,103)(H,104,105)(H4,69,70,85)(H4,71,72,86)(H,108,109,110)(H,111,112,113)(H,114,115,116)(H,117,118,119)(H,120,121,122)(H,123,124,125)(H,126,127,128)/t33-,35?,37+,38+,39-,40-,41-,42-,43-,44-,45-,46?,47?,51-,52?,53-,54-,55?/m1/s1. The van der Waals surface area contributed by atoms with E-state index in [1.54, 1.807) is 5.32 Å². The van der Waals surface area contributed by atoms with Gasteiger partial charge < -0.3 is 141 Å². The zero-order valence-corrected chi connectivity index (χ0v) is 79.7. The summed E-state index contributed by atoms with van der Waals surface area (Å²) in [5, 5.41) is 82.7. The molecule has 2 rings (SSSR count). The van der Waals surface area contributed by atoms with Gasteiger partial charge in [-0.3, -0.25) is 84.6 Å². The molecule has 2 aliphatic rings. The summed E-state index contributed by atoms with van der Waals surface area (Å²) in [6, 6.07) is -24.4. The highest BCUT2D eigenvalue weighted by molar-refractivity contribution is 7.87. The Morgan fingerprint density at radius 2 is 0.764 bits per heavy atom. The number of unbranched alkanes of at least 4 members (excludes halogenated alkanes) is 9. The lowest BCUT2D eigenvalue weighted by Crippen LogP contribution is -2.63. The van der Waals surface area contributed by atoms with Crippen molar-refractivity contribution in [3.8, 4) is 0 Å². The van der Waals surface area contributed by atoms with E-state index in [2.05, 4.69) is 36.6 Å². The first-order valence-corrected chi connectivity index (χ1v) is 52.3. The summed E-state index contributed by atoms with van der Waals surface area (Å²) < 4.78 is 264. The number of carbonyl (C=O) groups excluding carboxylic acids is 13. The van der Waals surface area contributed by atoms with E-state index in [1.807, 2.05) is 0 Å². The van der Waals surface area contributed by atoms with Gasteiger partial charge in [0.15, 0.2) is 30.2 Å². The van der Waals surface area contributed by atoms with E-state index in [-0.39, 0.29) is 45.5 Å². The average molecular weight is 2160 g/mol. The molecule has 65 nitrogen and oxygen atoms in total. The minimum atomic E-state index is -5.81. The Morgan fingerprint density at radius 3 is 1.10 bits per heavy atom. The van der Waals surface area contributed by atoms with E-state index >= 15 is 0 Å². The van der Waals surface area contributed by atoms with Crippen molar-refractivity contribution in [3.05, 3.63) is 23.9 Å². The first-order chi connectivity index (χ1) is 64.5. The van der Waals surface area contributed by atoms with Gasteiger partial charge in [-0.1, -0.05) is 51.9 Å². The molecule has 0 bridgehead atoms. The fourth-order valence-electron chi connectivity index (χ4n) is 12.9. The molecule has 0 aliphatic carbocycles. The van der Waals surface area contributed by atoms with Crippen LogP contribution in [0.15, 0.2) is 33.8 Å². The lowest BCUT2D eigenvalue weighted by Gasteiger charge is -2.39. The quantitative estimate of drug-likeness (QED) is 0.00671. The van der Waals surface area contributed by atoms with Crippen molar-refractivity contribution >= 4 is 172 Å². The molecule has 0 saturated carbocycles. The highest BCUT2D eigenvalue weighted by Gasteiger charge is 2.49. The number of ether oxygens (including phenoxy) is 5. The molecule has 0 fully saturated rings. The molecule has 140 heavy (non-hydrogen) atoms. The summed E-state index contributed by atoms with van der Waals surface area (Å²) in [6.45, 7) is -0.0837. The molecule has 18 atom stereocenters. The zero-order chi connectivity index (χ0) is 107. The van der Waals surface area contributed by atoms with Gasteiger partial charge in [0.05, 0.1) is 37.8 Å². The van der Waals surface area contributed by atoms with Crippen LogP contribution >= 0.6 is 0 Å². The number of Topliss-reactive ketones (excluding diaryl/α,β-unsaturated/α-hetero) is 1. The Balaban J connectivity index is 2.47. The Morgan fingerprint density at radius 1 is 0.436 bits per heavy atom. The van der Waals surface area contributed by atoms with Gasteiger partial charge in [0.25, 0.3) is 76.8 Å². The number of amides is 11. The smallest absolute Gasteiger partial charge is 0.407 e. The normalized spacial score (nSPS) is 18.8. The molecule has 0 spiro atoms. The van der Waals surface area contributed by atoms with Crippen molar-refractivity contribution in [2.24, 2.45) is 44.8 Å². The molecule has 0 radical (unpaired) electrons. The number of carbonyl (C=O) groups is 15. The summed E-state index contributed by atoms with van der Waals surface area (Å²) >= 11 is 0. The summed E-state index contributed by atoms with van der Waals surface area (Å²) in [5.41, 5.74) is 22.1. The molecule has 0 aromatic heterocycles. The first-order valence-electron chi connectivity index (χ1n) is 41.1. The van der Waals surface area contributed by atoms with E-state index in [0.717, 1.165) is 19.1 Å². The number of ketones is 1. The van der Waals surface area contributed by atoms with E-state index in [0.29, 0.717) is 57.8 Å². The summed E-state index contributed by atoms with van der Waals surface area (Å²) in [5.74, 6) is -40.7. The Labute approximate surface area is 798 Å². The third-order valence-corrected chi connectivity index (χ3v) is 24.5. The number of aliphatic hydroxyl groups is 4. The van der Waals surface area contributed by atoms with Crippen molar-refractivity contribution < 1.29 is 217 Å². The third kappa shape index (κ3) is 51.7. The van der Waals surface area contributed by atoms with Crippen LogP contribution in [-0.4, -0.2) is 406 Å². The van der Waals surface area contributed by atoms with Crippen molar-refractivity contribution in [1.82, 2.24) is 63.8 Å². The molecule has 2 aliphatic heterocycles. The predicted octanol–water partition coefficient (Wildman–Crippen LogP) is -14.3. The van der Waals surface area contributed by atoms with Crippen LogP contribution in [-0.2, 0) is 157 Å². The van der Waals surface area contributed by atoms with E-state index < -0.39 is 359 Å². The van der Waals surface area contributed by atoms with Crippen molar-refractivity contribution in [2.75, 3.05) is 86.2 Å². The molecule has 5 unspecified atom stereocenters. The van der Waals surface area contributed by atoms with Crippen molar-refractivity contribution in [2.45, 2.75) is 194 Å². The maximum atomic E-state index is 14.1. The summed E-state index contributed by atoms with van der Waals surface area (Å²) in [4.78, 5) is 205. The number of nitrogens with zero attached hydrogens (tertiary/aromatic N) is 2. The minimum absolute atomic E-state index is 0.00338. The number of nitrogens with two attached hydrogens (primary N) is 4. The lowest BCUT2D eigenvalue weighted by atomic mass is 9.87. The van der Waals surface area contributed by atoms with Gasteiger partial charge in [-0.05, 0) is 38.3 Å². The van der Waals surface area contributed by atoms with Crippen LogP contribution in [0.25, 0.3) is 0 Å². The highest BCUT2D eigenvalue weighted by Crippen LogP contribution is 2.32. The number of carboxylic acid groups (broad SMARTS) is 2. The molecule has 2 heterocycles. The SMILES string of the molecule is CC(=O)N[C@H]1C([C@H](OC(=O)NCCCCCCCCNC(=O)C(CC(=O)CNCCCCCCCNC(=O)O[C@H](C(O)CO)C2OC(C(=O)O)=C[C@H](N=C(N)N)[C@H]2C)CC(=O)N[C@H](CS(=O)(=O)O)C(=O)N[C@H](CS(=O)(=O)O)C(=O)N[C@H](CS(=O)(=O)O)C(=O)N[C@H](CS(=O)(=O)O)C(=O)N[C@H](CS(=O)(=O)O)C(=O)N[C@H](CS(=O)(=O)O)C(=O)N[C@H](CS(=O)(=O)O)C(=O)O)C(O)CO)OC(OC=O)=C[C@@H]1N=C(N)N. The lowest BCUT2D eigenvalue weighted by molar-refractivity contribution is -0.149. The third-order valence-electron chi connectivity index (χ3n) is 19.2. The molecule has 0 saturated heterocycles. The topological polar surface area (TPSA) is 1080 Å². The van der Waals surface area contributed by atoms with Crippen LogP contribution in [0.1, 0.15) is 97.3 Å². The molecule has 11 amide bonds. The van der Waals surface area contributed by atoms with Gasteiger partial charge in [-0.25, -0.2) is 29.2 Å². The van der Waals surface area contributed by atoms with Gasteiger partial charge >= 0.3 is 30.6 Å². The Kier molecular flexibility index (Phi) is 51.8. The average Bonchev–Trinajstić information content (AvgIpc) is 0.798. The molecule has 72 heteroatoms. The largest absolute Gasteiger partial charge is 0.480 e. The molecular formula is C68H114N18O47S7. The van der Waals surface area contributed by atoms with Crippen LogP contribution < -0.4 is 86.7 Å². The Bertz CT molecular complexity index is 5320. The number of aliphatic imine (C=N–C) groups is 2. The van der Waals surface area contributed by atoms with Gasteiger partial charge in [0.2, 0.25) is 58.9 Å². The van der Waals surface area contributed by atoms with Gasteiger partial charge in [-0.15, -0.1) is 0 Å². The number of aliphatic hydroxyl groups excluding tert-OH is 4. The number of alkyl carbamates (subject to hydrolysis) is 2. The van der Waals surface area contributed by atoms with Gasteiger partial charge in [-0.2, -0.15) is 58.9 Å². The fourth-order valence-corrected chi connectivity index (χ4v) is 17.5. The van der Waals surface area contributed by atoms with Crippen LogP contribution in [0.3, 0.4) is 0 Å². The number of hydrogen-bond acceptors (Lipinski definition) is 41. The zero-order valence-electron chi connectivity index (χ0n) is 74.0. The molecule has 33 N–H and O–H groups in total. The van der Waals surface area contributed by atoms with E-state index in [9.17, 15) is 189 Å². The first kappa shape index (κ1) is 125. The fraction of sp³-hybridized carbons (Fsp3) is 0.691. The summed E-state index contributed by atoms with van der Waals surface area (Å²) in [7, 11) is -39.7. The van der Waals surface area contributed by atoms with Crippen molar-refractivity contribution in [1.29, 1.82) is 0 Å². The van der Waals surface area contributed by atoms with Crippen LogP contribution in [0, 0.1) is 11.8 Å². The predicted molar refractivity (Wildman–Crippen MR) is 470 cm³/mol. The minimum Gasteiger partial charge on any atom is -0.480 e.